The summed E-state index contributed by atoms with van der Waals surface area (Å²) >= 11 is 0. The van der Waals surface area contributed by atoms with Gasteiger partial charge in [0.1, 0.15) is 0 Å². The highest BCUT2D eigenvalue weighted by molar-refractivity contribution is 5.82. The first-order chi connectivity index (χ1) is 9.08. The molecule has 1 aliphatic rings. The Balaban J connectivity index is 1.95. The molecular formula is C15H23N3O. The molecule has 0 fully saturated rings. The second-order valence-corrected chi connectivity index (χ2v) is 5.47. The molecule has 0 bridgehead atoms. The largest absolute Gasteiger partial charge is 0.343 e. The average Bonchev–Trinajstić information content (AvgIpc) is 2.43. The molecule has 1 amide bonds. The molecule has 104 valence electrons. The summed E-state index contributed by atoms with van der Waals surface area (Å²) in [6.07, 6.45) is 0.793. The van der Waals surface area contributed by atoms with Gasteiger partial charge in [-0.05, 0) is 31.6 Å². The minimum Gasteiger partial charge on any atom is -0.343 e. The van der Waals surface area contributed by atoms with Crippen LogP contribution in [-0.4, -0.2) is 56.0 Å². The van der Waals surface area contributed by atoms with Gasteiger partial charge < -0.3 is 15.1 Å². The van der Waals surface area contributed by atoms with Crippen molar-refractivity contribution in [3.05, 3.63) is 35.4 Å². The number of carbonyl (C=O) groups excluding carboxylic acids is 1. The second kappa shape index (κ2) is 6.17. The highest BCUT2D eigenvalue weighted by atomic mass is 16.2. The Morgan fingerprint density at radius 2 is 1.89 bits per heavy atom. The van der Waals surface area contributed by atoms with Crippen LogP contribution in [0.15, 0.2) is 24.3 Å². The van der Waals surface area contributed by atoms with E-state index in [9.17, 15) is 4.79 Å². The van der Waals surface area contributed by atoms with Gasteiger partial charge in [0.15, 0.2) is 0 Å². The summed E-state index contributed by atoms with van der Waals surface area (Å²) in [5.41, 5.74) is 2.60. The van der Waals surface area contributed by atoms with E-state index in [2.05, 4.69) is 22.3 Å². The highest BCUT2D eigenvalue weighted by Crippen LogP contribution is 2.17. The first kappa shape index (κ1) is 14.0. The van der Waals surface area contributed by atoms with Crippen LogP contribution in [0.2, 0.25) is 0 Å². The number of benzene rings is 1. The highest BCUT2D eigenvalue weighted by Gasteiger charge is 2.26. The average molecular weight is 261 g/mol. The lowest BCUT2D eigenvalue weighted by atomic mass is 9.95. The van der Waals surface area contributed by atoms with E-state index >= 15 is 0 Å². The van der Waals surface area contributed by atoms with Crippen molar-refractivity contribution in [1.82, 2.24) is 15.1 Å². The fourth-order valence-electron chi connectivity index (χ4n) is 2.36. The Hall–Kier alpha value is -1.39. The van der Waals surface area contributed by atoms with E-state index in [1.807, 2.05) is 38.2 Å². The van der Waals surface area contributed by atoms with E-state index in [-0.39, 0.29) is 11.9 Å². The number of nitrogens with zero attached hydrogens (tertiary/aromatic N) is 2. The quantitative estimate of drug-likeness (QED) is 0.867. The molecule has 1 aromatic carbocycles. The molecule has 4 nitrogen and oxygen atoms in total. The van der Waals surface area contributed by atoms with Crippen LogP contribution in [0.3, 0.4) is 0 Å². The topological polar surface area (TPSA) is 35.6 Å². The molecule has 0 saturated carbocycles. The zero-order valence-corrected chi connectivity index (χ0v) is 12.0. The minimum absolute atomic E-state index is 0.0814. The molecule has 1 atom stereocenters. The Bertz CT molecular complexity index is 445. The van der Waals surface area contributed by atoms with Crippen molar-refractivity contribution >= 4 is 5.91 Å². The predicted molar refractivity (Wildman–Crippen MR) is 77.0 cm³/mol. The zero-order chi connectivity index (χ0) is 13.8. The van der Waals surface area contributed by atoms with Crippen LogP contribution in [0.4, 0.5) is 0 Å². The third-order valence-electron chi connectivity index (χ3n) is 3.64. The standard InChI is InChI=1S/C15H23N3O/c1-17(2)8-9-18(3)15(19)14-10-12-6-4-5-7-13(12)11-16-14/h4-7,14,16H,8-11H2,1-3H3/t14-/m0/s1. The number of hydrogen-bond acceptors (Lipinski definition) is 3. The van der Waals surface area contributed by atoms with Gasteiger partial charge in [0.2, 0.25) is 5.91 Å². The molecule has 0 radical (unpaired) electrons. The molecule has 0 saturated heterocycles. The molecule has 2 rings (SSSR count). The van der Waals surface area contributed by atoms with Crippen LogP contribution < -0.4 is 5.32 Å². The van der Waals surface area contributed by atoms with Gasteiger partial charge in [-0.3, -0.25) is 4.79 Å². The molecular weight excluding hydrogens is 238 g/mol. The van der Waals surface area contributed by atoms with Gasteiger partial charge in [0.25, 0.3) is 0 Å². The third kappa shape index (κ3) is 3.55. The maximum Gasteiger partial charge on any atom is 0.239 e. The molecule has 1 heterocycles. The van der Waals surface area contributed by atoms with Gasteiger partial charge in [-0.25, -0.2) is 0 Å². The summed E-state index contributed by atoms with van der Waals surface area (Å²) in [5.74, 6) is 0.191. The van der Waals surface area contributed by atoms with Gasteiger partial charge in [0.05, 0.1) is 6.04 Å². The number of nitrogens with one attached hydrogen (secondary N) is 1. The van der Waals surface area contributed by atoms with Crippen molar-refractivity contribution in [3.63, 3.8) is 0 Å². The minimum atomic E-state index is -0.0814. The summed E-state index contributed by atoms with van der Waals surface area (Å²) in [6.45, 7) is 2.45. The van der Waals surface area contributed by atoms with Gasteiger partial charge in [-0.1, -0.05) is 24.3 Å². The summed E-state index contributed by atoms with van der Waals surface area (Å²) in [4.78, 5) is 16.3. The van der Waals surface area contributed by atoms with Crippen molar-refractivity contribution in [2.75, 3.05) is 34.2 Å². The summed E-state index contributed by atoms with van der Waals surface area (Å²) in [5, 5.41) is 3.34. The number of hydrogen-bond donors (Lipinski definition) is 1. The smallest absolute Gasteiger partial charge is 0.239 e. The molecule has 0 unspecified atom stereocenters. The Labute approximate surface area is 115 Å². The number of carbonyl (C=O) groups is 1. The number of amides is 1. The third-order valence-corrected chi connectivity index (χ3v) is 3.64. The molecule has 1 aromatic rings. The van der Waals surface area contributed by atoms with Gasteiger partial charge in [-0.15, -0.1) is 0 Å². The monoisotopic (exact) mass is 261 g/mol. The Kier molecular flexibility index (Phi) is 4.56. The lowest BCUT2D eigenvalue weighted by Crippen LogP contribution is -2.49. The number of rotatable bonds is 4. The van der Waals surface area contributed by atoms with Crippen molar-refractivity contribution in [1.29, 1.82) is 0 Å². The van der Waals surface area contributed by atoms with Crippen LogP contribution in [0.25, 0.3) is 0 Å². The van der Waals surface area contributed by atoms with Crippen molar-refractivity contribution in [2.24, 2.45) is 0 Å². The SMILES string of the molecule is CN(C)CCN(C)C(=O)[C@@H]1Cc2ccccc2CN1. The van der Waals surface area contributed by atoms with E-state index in [1.165, 1.54) is 11.1 Å². The maximum atomic E-state index is 12.4. The molecule has 0 aliphatic carbocycles. The van der Waals surface area contributed by atoms with Gasteiger partial charge in [0, 0.05) is 26.7 Å². The van der Waals surface area contributed by atoms with Crippen LogP contribution in [0, 0.1) is 0 Å². The van der Waals surface area contributed by atoms with Crippen molar-refractivity contribution in [3.8, 4) is 0 Å². The lowest BCUT2D eigenvalue weighted by Gasteiger charge is -2.29. The van der Waals surface area contributed by atoms with E-state index in [0.717, 1.165) is 26.1 Å². The zero-order valence-electron chi connectivity index (χ0n) is 12.0. The molecule has 19 heavy (non-hydrogen) atoms. The van der Waals surface area contributed by atoms with E-state index in [1.54, 1.807) is 0 Å². The van der Waals surface area contributed by atoms with Crippen molar-refractivity contribution in [2.45, 2.75) is 19.0 Å². The number of fused-ring (bicyclic) bond motifs is 1. The summed E-state index contributed by atoms with van der Waals surface area (Å²) < 4.78 is 0. The van der Waals surface area contributed by atoms with Crippen LogP contribution in [0.1, 0.15) is 11.1 Å². The van der Waals surface area contributed by atoms with Crippen molar-refractivity contribution < 1.29 is 4.79 Å². The Morgan fingerprint density at radius 3 is 2.58 bits per heavy atom. The second-order valence-electron chi connectivity index (χ2n) is 5.47. The van der Waals surface area contributed by atoms with E-state index in [4.69, 9.17) is 0 Å². The van der Waals surface area contributed by atoms with Crippen LogP contribution >= 0.6 is 0 Å². The fraction of sp³-hybridized carbons (Fsp3) is 0.533. The van der Waals surface area contributed by atoms with Gasteiger partial charge in [-0.2, -0.15) is 0 Å². The fourth-order valence-corrected chi connectivity index (χ4v) is 2.36. The molecule has 0 spiro atoms. The van der Waals surface area contributed by atoms with E-state index < -0.39 is 0 Å². The maximum absolute atomic E-state index is 12.4. The lowest BCUT2D eigenvalue weighted by molar-refractivity contribution is -0.132. The summed E-state index contributed by atoms with van der Waals surface area (Å²) in [7, 11) is 5.93. The molecule has 0 aromatic heterocycles. The summed E-state index contributed by atoms with van der Waals surface area (Å²) in [6, 6.07) is 8.25. The molecule has 1 N–H and O–H groups in total. The van der Waals surface area contributed by atoms with Crippen LogP contribution in [-0.2, 0) is 17.8 Å². The van der Waals surface area contributed by atoms with E-state index in [0.29, 0.717) is 0 Å². The normalized spacial score (nSPS) is 18.2. The number of likely N-dealkylation sites (N-methyl/N-ethyl adjacent to an activating group) is 2. The predicted octanol–water partition coefficient (Wildman–Crippen LogP) is 0.721. The first-order valence-electron chi connectivity index (χ1n) is 6.78. The first-order valence-corrected chi connectivity index (χ1v) is 6.78. The molecule has 4 heteroatoms. The molecule has 1 aliphatic heterocycles. The Morgan fingerprint density at radius 1 is 1.21 bits per heavy atom. The van der Waals surface area contributed by atoms with Gasteiger partial charge >= 0.3 is 0 Å². The van der Waals surface area contributed by atoms with Crippen LogP contribution in [0.5, 0.6) is 0 Å².